The van der Waals surface area contributed by atoms with Gasteiger partial charge in [-0.3, -0.25) is 14.5 Å². The molecule has 43 heavy (non-hydrogen) atoms. The van der Waals surface area contributed by atoms with Crippen LogP contribution in [0.5, 0.6) is 0 Å². The Bertz CT molecular complexity index is 1320. The highest BCUT2D eigenvalue weighted by Gasteiger charge is 2.34. The standard InChI is InChI=1S/C32H37F3N4O2S2/c1-38-16-15-29(28(21-38)37-30(40)18-36-31(41)24-5-4-6-25(17-24)32(33,34)35)39(19-22-7-11-26(42-2)12-8-22)20-23-9-13-27(43-3)14-10-23/h4-14,17,28-29H,15-16,18-21H2,1-3H3,(H,36,41)(H,37,40)/t28-,29+/m0/s1. The summed E-state index contributed by atoms with van der Waals surface area (Å²) in [5, 5.41) is 5.58. The lowest BCUT2D eigenvalue weighted by molar-refractivity contribution is -0.137. The third kappa shape index (κ3) is 9.50. The Morgan fingerprint density at radius 3 is 2.05 bits per heavy atom. The van der Waals surface area contributed by atoms with Crippen molar-refractivity contribution in [3.8, 4) is 0 Å². The van der Waals surface area contributed by atoms with E-state index < -0.39 is 17.6 Å². The Balaban J connectivity index is 1.47. The first kappa shape index (κ1) is 32.9. The molecule has 0 saturated carbocycles. The van der Waals surface area contributed by atoms with E-state index in [9.17, 15) is 22.8 Å². The van der Waals surface area contributed by atoms with Gasteiger partial charge in [0.25, 0.3) is 5.91 Å². The average molecular weight is 631 g/mol. The number of carbonyl (C=O) groups is 2. The fraction of sp³-hybridized carbons (Fsp3) is 0.375. The molecule has 1 heterocycles. The lowest BCUT2D eigenvalue weighted by Crippen LogP contribution is -2.60. The molecule has 1 fully saturated rings. The molecule has 2 atom stereocenters. The smallest absolute Gasteiger partial charge is 0.349 e. The van der Waals surface area contributed by atoms with Crippen LogP contribution in [-0.2, 0) is 24.1 Å². The van der Waals surface area contributed by atoms with Crippen LogP contribution >= 0.6 is 23.5 Å². The summed E-state index contributed by atoms with van der Waals surface area (Å²) in [5.74, 6) is -1.12. The summed E-state index contributed by atoms with van der Waals surface area (Å²) in [4.78, 5) is 32.6. The maximum Gasteiger partial charge on any atom is 0.416 e. The summed E-state index contributed by atoms with van der Waals surface area (Å²) < 4.78 is 39.2. The third-order valence-corrected chi connectivity index (χ3v) is 9.03. The Kier molecular flexibility index (Phi) is 11.6. The number of benzene rings is 3. The number of hydrogen-bond donors (Lipinski definition) is 2. The summed E-state index contributed by atoms with van der Waals surface area (Å²) in [7, 11) is 2.01. The first-order valence-corrected chi connectivity index (χ1v) is 16.4. The third-order valence-electron chi connectivity index (χ3n) is 7.55. The minimum absolute atomic E-state index is 0.0276. The number of alkyl halides is 3. The lowest BCUT2D eigenvalue weighted by atomic mass is 9.96. The number of halogens is 3. The van der Waals surface area contributed by atoms with Crippen molar-refractivity contribution in [2.45, 2.75) is 47.6 Å². The van der Waals surface area contributed by atoms with Gasteiger partial charge in [-0.25, -0.2) is 0 Å². The van der Waals surface area contributed by atoms with Crippen molar-refractivity contribution in [1.82, 2.24) is 20.4 Å². The molecule has 3 aromatic rings. The van der Waals surface area contributed by atoms with E-state index in [4.69, 9.17) is 0 Å². The molecule has 0 radical (unpaired) electrons. The number of amides is 2. The minimum atomic E-state index is -4.56. The highest BCUT2D eigenvalue weighted by molar-refractivity contribution is 7.98. The molecule has 2 N–H and O–H groups in total. The van der Waals surface area contributed by atoms with Crippen molar-refractivity contribution in [1.29, 1.82) is 0 Å². The van der Waals surface area contributed by atoms with Crippen molar-refractivity contribution < 1.29 is 22.8 Å². The van der Waals surface area contributed by atoms with Gasteiger partial charge < -0.3 is 15.5 Å². The van der Waals surface area contributed by atoms with Crippen molar-refractivity contribution in [2.75, 3.05) is 39.2 Å². The molecule has 0 unspecified atom stereocenters. The van der Waals surface area contributed by atoms with Gasteiger partial charge in [0.1, 0.15) is 0 Å². The maximum absolute atomic E-state index is 13.1. The Labute approximate surface area is 259 Å². The van der Waals surface area contributed by atoms with Crippen LogP contribution in [0.25, 0.3) is 0 Å². The van der Waals surface area contributed by atoms with Gasteiger partial charge >= 0.3 is 6.18 Å². The van der Waals surface area contributed by atoms with Gasteiger partial charge in [-0.05, 0) is 86.1 Å². The van der Waals surface area contributed by atoms with Crippen LogP contribution in [0.15, 0.2) is 82.6 Å². The molecule has 2 amide bonds. The van der Waals surface area contributed by atoms with Crippen molar-refractivity contribution in [2.24, 2.45) is 0 Å². The topological polar surface area (TPSA) is 64.7 Å². The van der Waals surface area contributed by atoms with Crippen molar-refractivity contribution >= 4 is 35.3 Å². The fourth-order valence-electron chi connectivity index (χ4n) is 5.26. The van der Waals surface area contributed by atoms with Gasteiger partial charge in [0.2, 0.25) is 5.91 Å². The zero-order valence-electron chi connectivity index (χ0n) is 24.5. The Hall–Kier alpha value is -2.99. The molecule has 0 aromatic heterocycles. The zero-order chi connectivity index (χ0) is 31.0. The van der Waals surface area contributed by atoms with Gasteiger partial charge in [-0.1, -0.05) is 30.3 Å². The number of likely N-dealkylation sites (tertiary alicyclic amines) is 1. The van der Waals surface area contributed by atoms with Crippen LogP contribution in [0.4, 0.5) is 13.2 Å². The summed E-state index contributed by atoms with van der Waals surface area (Å²) in [6, 6.07) is 21.0. The molecule has 3 aromatic carbocycles. The van der Waals surface area contributed by atoms with E-state index in [-0.39, 0.29) is 30.1 Å². The van der Waals surface area contributed by atoms with E-state index in [0.29, 0.717) is 19.6 Å². The van der Waals surface area contributed by atoms with Crippen LogP contribution in [-0.4, -0.2) is 72.9 Å². The molecule has 230 valence electrons. The molecule has 0 aliphatic carbocycles. The van der Waals surface area contributed by atoms with Crippen LogP contribution in [0.2, 0.25) is 0 Å². The molecule has 6 nitrogen and oxygen atoms in total. The van der Waals surface area contributed by atoms with Crippen LogP contribution in [0.1, 0.15) is 33.5 Å². The Morgan fingerprint density at radius 2 is 1.51 bits per heavy atom. The number of rotatable bonds is 11. The number of nitrogens with one attached hydrogen (secondary N) is 2. The van der Waals surface area contributed by atoms with Crippen LogP contribution in [0, 0.1) is 0 Å². The number of piperidine rings is 1. The summed E-state index contributed by atoms with van der Waals surface area (Å²) in [6.07, 6.45) is 0.375. The van der Waals surface area contributed by atoms with Gasteiger partial charge in [0, 0.05) is 41.0 Å². The quantitative estimate of drug-likeness (QED) is 0.263. The first-order chi connectivity index (χ1) is 20.5. The first-order valence-electron chi connectivity index (χ1n) is 14.0. The van der Waals surface area contributed by atoms with Crippen LogP contribution in [0.3, 0.4) is 0 Å². The van der Waals surface area contributed by atoms with Gasteiger partial charge in [-0.2, -0.15) is 13.2 Å². The van der Waals surface area contributed by atoms with Gasteiger partial charge in [0.05, 0.1) is 18.2 Å². The summed E-state index contributed by atoms with van der Waals surface area (Å²) in [6.45, 7) is 2.56. The second kappa shape index (κ2) is 15.1. The summed E-state index contributed by atoms with van der Waals surface area (Å²) >= 11 is 3.39. The number of hydrogen-bond acceptors (Lipinski definition) is 6. The predicted molar refractivity (Wildman–Crippen MR) is 167 cm³/mol. The van der Waals surface area contributed by atoms with Crippen molar-refractivity contribution in [3.63, 3.8) is 0 Å². The highest BCUT2D eigenvalue weighted by atomic mass is 32.2. The second-order valence-electron chi connectivity index (χ2n) is 10.7. The Morgan fingerprint density at radius 1 is 0.930 bits per heavy atom. The minimum Gasteiger partial charge on any atom is -0.349 e. The average Bonchev–Trinajstić information content (AvgIpc) is 3.00. The maximum atomic E-state index is 13.1. The molecule has 0 spiro atoms. The molecule has 0 bridgehead atoms. The van der Waals surface area contributed by atoms with Gasteiger partial charge in [-0.15, -0.1) is 23.5 Å². The van der Waals surface area contributed by atoms with Gasteiger partial charge in [0.15, 0.2) is 0 Å². The monoisotopic (exact) mass is 630 g/mol. The normalized spacial score (nSPS) is 17.6. The predicted octanol–water partition coefficient (Wildman–Crippen LogP) is 5.77. The summed E-state index contributed by atoms with van der Waals surface area (Å²) in [5.41, 5.74) is 1.29. The van der Waals surface area contributed by atoms with E-state index >= 15 is 0 Å². The molecule has 1 aliphatic heterocycles. The van der Waals surface area contributed by atoms with E-state index in [1.54, 1.807) is 23.5 Å². The fourth-order valence-corrected chi connectivity index (χ4v) is 6.08. The van der Waals surface area contributed by atoms with E-state index in [1.807, 2.05) is 19.6 Å². The number of carbonyl (C=O) groups excluding carboxylic acids is 2. The molecular formula is C32H37F3N4O2S2. The van der Waals surface area contributed by atoms with Crippen LogP contribution < -0.4 is 10.6 Å². The molecule has 4 rings (SSSR count). The highest BCUT2D eigenvalue weighted by Crippen LogP contribution is 2.29. The zero-order valence-corrected chi connectivity index (χ0v) is 26.1. The molecule has 1 aliphatic rings. The second-order valence-corrected chi connectivity index (χ2v) is 12.4. The lowest BCUT2D eigenvalue weighted by Gasteiger charge is -2.43. The van der Waals surface area contributed by atoms with E-state index in [2.05, 4.69) is 69.0 Å². The number of thioether (sulfide) groups is 2. The largest absolute Gasteiger partial charge is 0.416 e. The number of likely N-dealkylation sites (N-methyl/N-ethyl adjacent to an activating group) is 1. The molecule has 1 saturated heterocycles. The number of nitrogens with zero attached hydrogens (tertiary/aromatic N) is 2. The van der Waals surface area contributed by atoms with E-state index in [0.717, 1.165) is 25.1 Å². The molecular weight excluding hydrogens is 594 g/mol. The van der Waals surface area contributed by atoms with Crippen molar-refractivity contribution in [3.05, 3.63) is 95.1 Å². The SMILES string of the molecule is CSc1ccc(CN(Cc2ccc(SC)cc2)[C@@H]2CCN(C)C[C@@H]2NC(=O)CNC(=O)c2cccc(C(F)(F)F)c2)cc1. The molecule has 11 heteroatoms. The van der Waals surface area contributed by atoms with E-state index in [1.165, 1.54) is 33.1 Å².